The van der Waals surface area contributed by atoms with Gasteiger partial charge in [0.1, 0.15) is 0 Å². The average molecular weight is 397 g/mol. The van der Waals surface area contributed by atoms with Crippen molar-refractivity contribution in [3.63, 3.8) is 0 Å². The fraction of sp³-hybridized carbons (Fsp3) is 0.286. The van der Waals surface area contributed by atoms with Gasteiger partial charge in [-0.15, -0.1) is 0 Å². The van der Waals surface area contributed by atoms with Crippen molar-refractivity contribution in [1.29, 1.82) is 0 Å². The van der Waals surface area contributed by atoms with Gasteiger partial charge in [0, 0.05) is 36.9 Å². The summed E-state index contributed by atoms with van der Waals surface area (Å²) in [4.78, 5) is 4.75. The van der Waals surface area contributed by atoms with Crippen LogP contribution in [0.15, 0.2) is 84.2 Å². The molecule has 0 unspecified atom stereocenters. The summed E-state index contributed by atoms with van der Waals surface area (Å²) in [5.41, 5.74) is 10.8. The lowest BCUT2D eigenvalue weighted by Crippen LogP contribution is -2.23. The molecule has 0 radical (unpaired) electrons. The highest BCUT2D eigenvalue weighted by Crippen LogP contribution is 2.31. The Labute approximate surface area is 181 Å². The average Bonchev–Trinajstić information content (AvgIpc) is 2.79. The third-order valence-corrected chi connectivity index (χ3v) is 6.20. The largest absolute Gasteiger partial charge is 0.344 e. The molecule has 0 amide bonds. The Bertz CT molecular complexity index is 1010. The first-order valence-corrected chi connectivity index (χ1v) is 11.1. The molecule has 0 saturated carbocycles. The highest BCUT2D eigenvalue weighted by atomic mass is 15.1. The molecule has 30 heavy (non-hydrogen) atoms. The van der Waals surface area contributed by atoms with Gasteiger partial charge in [0.2, 0.25) is 0 Å². The smallest absolute Gasteiger partial charge is 0.0473 e. The zero-order valence-corrected chi connectivity index (χ0v) is 18.7. The maximum atomic E-state index is 2.40. The van der Waals surface area contributed by atoms with Crippen LogP contribution in [0.1, 0.15) is 36.1 Å². The van der Waals surface area contributed by atoms with Gasteiger partial charge >= 0.3 is 0 Å². The lowest BCUT2D eigenvalue weighted by Gasteiger charge is -2.29. The van der Waals surface area contributed by atoms with Gasteiger partial charge in [-0.3, -0.25) is 0 Å². The second kappa shape index (κ2) is 8.79. The Hall–Kier alpha value is -3.00. The Morgan fingerprint density at radius 3 is 1.57 bits per heavy atom. The SMILES string of the molecule is CCc1cccc(CC)c1N1C=CC(C2=CCN(c3c(C)cccc3C)C=C2)=CC1. The number of para-hydroxylation sites is 2. The summed E-state index contributed by atoms with van der Waals surface area (Å²) in [5.74, 6) is 0. The van der Waals surface area contributed by atoms with Crippen LogP contribution in [0.5, 0.6) is 0 Å². The first-order chi connectivity index (χ1) is 14.6. The van der Waals surface area contributed by atoms with Crippen molar-refractivity contribution in [1.82, 2.24) is 0 Å². The van der Waals surface area contributed by atoms with Crippen molar-refractivity contribution in [2.24, 2.45) is 0 Å². The van der Waals surface area contributed by atoms with E-state index in [1.165, 1.54) is 44.8 Å². The summed E-state index contributed by atoms with van der Waals surface area (Å²) in [6.45, 7) is 10.7. The van der Waals surface area contributed by atoms with Crippen LogP contribution in [0, 0.1) is 13.8 Å². The number of hydrogen-bond donors (Lipinski definition) is 0. The molecule has 2 nitrogen and oxygen atoms in total. The highest BCUT2D eigenvalue weighted by Gasteiger charge is 2.17. The van der Waals surface area contributed by atoms with Gasteiger partial charge in [0.25, 0.3) is 0 Å². The van der Waals surface area contributed by atoms with Gasteiger partial charge in [0.15, 0.2) is 0 Å². The van der Waals surface area contributed by atoms with E-state index in [0.29, 0.717) is 0 Å². The quantitative estimate of drug-likeness (QED) is 0.558. The monoisotopic (exact) mass is 396 g/mol. The number of anilines is 2. The molecule has 0 atom stereocenters. The van der Waals surface area contributed by atoms with E-state index in [1.54, 1.807) is 0 Å². The Kier molecular flexibility index (Phi) is 5.94. The minimum Gasteiger partial charge on any atom is -0.344 e. The number of allylic oxidation sites excluding steroid dienone is 4. The predicted molar refractivity (Wildman–Crippen MR) is 130 cm³/mol. The number of aryl methyl sites for hydroxylation is 4. The molecule has 2 aromatic rings. The van der Waals surface area contributed by atoms with E-state index in [4.69, 9.17) is 0 Å². The summed E-state index contributed by atoms with van der Waals surface area (Å²) in [6.07, 6.45) is 15.8. The number of hydrogen-bond acceptors (Lipinski definition) is 2. The zero-order valence-electron chi connectivity index (χ0n) is 18.7. The first-order valence-electron chi connectivity index (χ1n) is 11.1. The number of nitrogens with zero attached hydrogens (tertiary/aromatic N) is 2. The maximum Gasteiger partial charge on any atom is 0.0473 e. The van der Waals surface area contributed by atoms with Crippen LogP contribution in [-0.4, -0.2) is 13.1 Å². The van der Waals surface area contributed by atoms with Gasteiger partial charge < -0.3 is 9.80 Å². The predicted octanol–water partition coefficient (Wildman–Crippen LogP) is 6.65. The molecule has 0 aliphatic carbocycles. The van der Waals surface area contributed by atoms with Gasteiger partial charge in [-0.1, -0.05) is 62.4 Å². The zero-order chi connectivity index (χ0) is 21.1. The second-order valence-corrected chi connectivity index (χ2v) is 8.13. The first kappa shape index (κ1) is 20.3. The summed E-state index contributed by atoms with van der Waals surface area (Å²) in [6, 6.07) is 13.2. The minimum atomic E-state index is 0.908. The van der Waals surface area contributed by atoms with Gasteiger partial charge in [-0.2, -0.15) is 0 Å². The van der Waals surface area contributed by atoms with Crippen molar-refractivity contribution in [2.75, 3.05) is 22.9 Å². The third-order valence-electron chi connectivity index (χ3n) is 6.20. The molecule has 0 spiro atoms. The molecule has 0 fully saturated rings. The summed E-state index contributed by atoms with van der Waals surface area (Å²) >= 11 is 0. The van der Waals surface area contributed by atoms with Crippen molar-refractivity contribution in [3.8, 4) is 0 Å². The number of rotatable bonds is 5. The lowest BCUT2D eigenvalue weighted by molar-refractivity contribution is 0.985. The molecular formula is C28H32N2. The van der Waals surface area contributed by atoms with E-state index in [1.807, 2.05) is 0 Å². The van der Waals surface area contributed by atoms with E-state index in [2.05, 4.69) is 111 Å². The molecule has 2 aromatic carbocycles. The second-order valence-electron chi connectivity index (χ2n) is 8.13. The molecule has 0 saturated heterocycles. The van der Waals surface area contributed by atoms with Crippen molar-refractivity contribution in [3.05, 3.63) is 107 Å². The van der Waals surface area contributed by atoms with Crippen LogP contribution in [0.4, 0.5) is 11.4 Å². The highest BCUT2D eigenvalue weighted by molar-refractivity contribution is 5.66. The van der Waals surface area contributed by atoms with Gasteiger partial charge in [-0.25, -0.2) is 0 Å². The molecule has 4 rings (SSSR count). The summed E-state index contributed by atoms with van der Waals surface area (Å²) < 4.78 is 0. The van der Waals surface area contributed by atoms with Gasteiger partial charge in [0.05, 0.1) is 0 Å². The molecule has 154 valence electrons. The normalized spacial score (nSPS) is 16.0. The minimum absolute atomic E-state index is 0.908. The number of benzene rings is 2. The van der Waals surface area contributed by atoms with E-state index in [-0.39, 0.29) is 0 Å². The Balaban J connectivity index is 1.50. The van der Waals surface area contributed by atoms with Crippen molar-refractivity contribution < 1.29 is 0 Å². The van der Waals surface area contributed by atoms with E-state index < -0.39 is 0 Å². The lowest BCUT2D eigenvalue weighted by atomic mass is 9.98. The van der Waals surface area contributed by atoms with E-state index >= 15 is 0 Å². The standard InChI is InChI=1S/C28H32N2/c1-5-23-11-8-12-24(6-2)28(23)30-19-15-26(16-20-30)25-13-17-29(18-14-25)27-21(3)9-7-10-22(27)4/h7-17,19H,5-6,18,20H2,1-4H3. The van der Waals surface area contributed by atoms with Crippen LogP contribution < -0.4 is 9.80 Å². The fourth-order valence-corrected chi connectivity index (χ4v) is 4.59. The topological polar surface area (TPSA) is 6.48 Å². The molecule has 0 aromatic heterocycles. The molecule has 0 N–H and O–H groups in total. The van der Waals surface area contributed by atoms with Crippen LogP contribution >= 0.6 is 0 Å². The molecule has 0 bridgehead atoms. The van der Waals surface area contributed by atoms with Crippen LogP contribution in [-0.2, 0) is 12.8 Å². The Morgan fingerprint density at radius 1 is 0.667 bits per heavy atom. The van der Waals surface area contributed by atoms with E-state index in [0.717, 1.165) is 25.9 Å². The molecule has 2 aliphatic heterocycles. The van der Waals surface area contributed by atoms with E-state index in [9.17, 15) is 0 Å². The summed E-state index contributed by atoms with van der Waals surface area (Å²) in [7, 11) is 0. The fourth-order valence-electron chi connectivity index (χ4n) is 4.59. The van der Waals surface area contributed by atoms with Crippen LogP contribution in [0.25, 0.3) is 0 Å². The van der Waals surface area contributed by atoms with Crippen molar-refractivity contribution in [2.45, 2.75) is 40.5 Å². The molecule has 2 aliphatic rings. The summed E-state index contributed by atoms with van der Waals surface area (Å²) in [5, 5.41) is 0. The van der Waals surface area contributed by atoms with Crippen LogP contribution in [0.2, 0.25) is 0 Å². The maximum absolute atomic E-state index is 2.40. The van der Waals surface area contributed by atoms with Crippen LogP contribution in [0.3, 0.4) is 0 Å². The molecular weight excluding hydrogens is 364 g/mol. The van der Waals surface area contributed by atoms with Gasteiger partial charge in [-0.05, 0) is 72.2 Å². The third kappa shape index (κ3) is 3.87. The molecule has 2 heterocycles. The molecule has 2 heteroatoms. The Morgan fingerprint density at radius 2 is 1.13 bits per heavy atom. The van der Waals surface area contributed by atoms with Crippen molar-refractivity contribution >= 4 is 11.4 Å².